The van der Waals surface area contributed by atoms with E-state index in [9.17, 15) is 0 Å². The first-order chi connectivity index (χ1) is 10.1. The van der Waals surface area contributed by atoms with Crippen LogP contribution in [0.1, 0.15) is 0 Å². The van der Waals surface area contributed by atoms with Gasteiger partial charge in [0, 0.05) is 9.79 Å². The van der Waals surface area contributed by atoms with Gasteiger partial charge in [-0.05, 0) is 12.1 Å². The van der Waals surface area contributed by atoms with Crippen molar-refractivity contribution in [3.8, 4) is 22.9 Å². The van der Waals surface area contributed by atoms with Gasteiger partial charge in [-0.1, -0.05) is 86.8 Å². The van der Waals surface area contributed by atoms with Crippen molar-refractivity contribution in [3.05, 3.63) is 34.1 Å². The lowest BCUT2D eigenvalue weighted by atomic mass is 10.3. The van der Waals surface area contributed by atoms with E-state index in [4.69, 9.17) is 0 Å². The first-order valence-electron chi connectivity index (χ1n) is 7.39. The van der Waals surface area contributed by atoms with Crippen molar-refractivity contribution in [1.82, 2.24) is 0 Å². The fraction of sp³-hybridized carbons (Fsp3) is 0.333. The van der Waals surface area contributed by atoms with Crippen LogP contribution in [0.15, 0.2) is 43.9 Å². The summed E-state index contributed by atoms with van der Waals surface area (Å²) in [5.74, 6) is 6.81. The Labute approximate surface area is 145 Å². The van der Waals surface area contributed by atoms with Crippen LogP contribution in [0, 0.1) is 22.9 Å². The van der Waals surface area contributed by atoms with Crippen molar-refractivity contribution >= 4 is 39.7 Å². The van der Waals surface area contributed by atoms with Crippen LogP contribution in [0.2, 0.25) is 39.3 Å². The average Bonchev–Trinajstić information content (AvgIpc) is 2.79. The highest BCUT2D eigenvalue weighted by molar-refractivity contribution is 8.24. The number of rotatable bonds is 0. The normalized spacial score (nSPS) is 13.6. The summed E-state index contributed by atoms with van der Waals surface area (Å²) in [5, 5.41) is 0. The molecule has 0 nitrogen and oxygen atoms in total. The predicted molar refractivity (Wildman–Crippen MR) is 107 cm³/mol. The average molecular weight is 359 g/mol. The molecule has 0 aromatic heterocycles. The molecule has 1 aromatic rings. The maximum absolute atomic E-state index is 3.48. The Morgan fingerprint density at radius 2 is 1.18 bits per heavy atom. The molecule has 4 heteroatoms. The second-order valence-electron chi connectivity index (χ2n) is 7.31. The van der Waals surface area contributed by atoms with Crippen LogP contribution in [0.25, 0.3) is 0 Å². The van der Waals surface area contributed by atoms with E-state index in [2.05, 4.69) is 86.5 Å². The maximum Gasteiger partial charge on any atom is 0.129 e. The molecule has 22 heavy (non-hydrogen) atoms. The SMILES string of the molecule is C[Si](C)(C)C#CC(C#C[Si](C)(C)C)=C1Sc2ccccc2S1. The first kappa shape index (κ1) is 17.6. The van der Waals surface area contributed by atoms with Crippen molar-refractivity contribution < 1.29 is 0 Å². The molecule has 0 saturated heterocycles. The highest BCUT2D eigenvalue weighted by Crippen LogP contribution is 2.51. The van der Waals surface area contributed by atoms with E-state index in [-0.39, 0.29) is 0 Å². The maximum atomic E-state index is 3.48. The van der Waals surface area contributed by atoms with Gasteiger partial charge in [0.25, 0.3) is 0 Å². The molecule has 0 saturated carbocycles. The summed E-state index contributed by atoms with van der Waals surface area (Å²) in [5.41, 5.74) is 7.98. The fourth-order valence-electron chi connectivity index (χ4n) is 1.57. The van der Waals surface area contributed by atoms with Gasteiger partial charge in [-0.2, -0.15) is 0 Å². The van der Waals surface area contributed by atoms with E-state index in [0.717, 1.165) is 5.57 Å². The lowest BCUT2D eigenvalue weighted by molar-refractivity contribution is 1.27. The molecular formula is C18H22S2Si2. The first-order valence-corrected chi connectivity index (χ1v) is 16.0. The quantitative estimate of drug-likeness (QED) is 0.421. The molecule has 0 amide bonds. The Morgan fingerprint density at radius 1 is 0.773 bits per heavy atom. The Balaban J connectivity index is 2.43. The molecule has 0 bridgehead atoms. The van der Waals surface area contributed by atoms with Crippen molar-refractivity contribution in [2.45, 2.75) is 49.1 Å². The Bertz CT molecular complexity index is 666. The van der Waals surface area contributed by atoms with Crippen molar-refractivity contribution in [2.75, 3.05) is 0 Å². The minimum Gasteiger partial charge on any atom is -0.126 e. The molecule has 0 N–H and O–H groups in total. The zero-order valence-electron chi connectivity index (χ0n) is 14.1. The smallest absolute Gasteiger partial charge is 0.126 e. The molecule has 1 aliphatic rings. The fourth-order valence-corrected chi connectivity index (χ4v) is 4.97. The Kier molecular flexibility index (Phi) is 5.40. The Hall–Kier alpha value is -0.786. The third-order valence-corrected chi connectivity index (χ3v) is 6.89. The van der Waals surface area contributed by atoms with E-state index in [1.165, 1.54) is 14.0 Å². The van der Waals surface area contributed by atoms with Crippen molar-refractivity contribution in [1.29, 1.82) is 0 Å². The summed E-state index contributed by atoms with van der Waals surface area (Å²) in [6.45, 7) is 13.7. The van der Waals surface area contributed by atoms with Gasteiger partial charge < -0.3 is 0 Å². The van der Waals surface area contributed by atoms with Gasteiger partial charge in [0.2, 0.25) is 0 Å². The monoisotopic (exact) mass is 358 g/mol. The second-order valence-corrected chi connectivity index (χ2v) is 19.2. The van der Waals surface area contributed by atoms with Gasteiger partial charge in [-0.15, -0.1) is 11.1 Å². The lowest BCUT2D eigenvalue weighted by Gasteiger charge is -2.05. The predicted octanol–water partition coefficient (Wildman–Crippen LogP) is 5.86. The van der Waals surface area contributed by atoms with Crippen LogP contribution in [-0.4, -0.2) is 16.1 Å². The van der Waals surface area contributed by atoms with E-state index >= 15 is 0 Å². The summed E-state index contributed by atoms with van der Waals surface area (Å²) in [6, 6.07) is 8.54. The van der Waals surface area contributed by atoms with Crippen molar-refractivity contribution in [3.63, 3.8) is 0 Å². The molecule has 1 aromatic carbocycles. The third kappa shape index (κ3) is 5.45. The Morgan fingerprint density at radius 3 is 1.55 bits per heavy atom. The number of fused-ring (bicyclic) bond motifs is 1. The molecule has 0 atom stereocenters. The van der Waals surface area contributed by atoms with E-state index < -0.39 is 16.1 Å². The van der Waals surface area contributed by atoms with Crippen LogP contribution >= 0.6 is 23.5 Å². The largest absolute Gasteiger partial charge is 0.129 e. The van der Waals surface area contributed by atoms with Gasteiger partial charge in [-0.25, -0.2) is 0 Å². The van der Waals surface area contributed by atoms with Crippen molar-refractivity contribution in [2.24, 2.45) is 0 Å². The zero-order chi connectivity index (χ0) is 16.4. The number of benzene rings is 1. The van der Waals surface area contributed by atoms with Gasteiger partial charge in [0.1, 0.15) is 16.1 Å². The molecule has 0 unspecified atom stereocenters. The molecule has 2 rings (SSSR count). The molecule has 0 aliphatic carbocycles. The van der Waals surface area contributed by atoms with E-state index in [1.807, 2.05) is 23.5 Å². The minimum atomic E-state index is -1.40. The topological polar surface area (TPSA) is 0 Å². The molecular weight excluding hydrogens is 337 g/mol. The summed E-state index contributed by atoms with van der Waals surface area (Å²) >= 11 is 3.63. The lowest BCUT2D eigenvalue weighted by Crippen LogP contribution is -2.17. The van der Waals surface area contributed by atoms with Gasteiger partial charge in [0.15, 0.2) is 0 Å². The second kappa shape index (κ2) is 6.76. The van der Waals surface area contributed by atoms with Crippen LogP contribution in [-0.2, 0) is 0 Å². The van der Waals surface area contributed by atoms with Gasteiger partial charge >= 0.3 is 0 Å². The molecule has 114 valence electrons. The number of hydrogen-bond donors (Lipinski definition) is 0. The molecule has 0 radical (unpaired) electrons. The van der Waals surface area contributed by atoms with Crippen LogP contribution in [0.5, 0.6) is 0 Å². The highest BCUT2D eigenvalue weighted by atomic mass is 32.2. The summed E-state index contributed by atoms with van der Waals surface area (Å²) in [4.78, 5) is 2.65. The zero-order valence-corrected chi connectivity index (χ0v) is 17.8. The number of thioether (sulfide) groups is 2. The molecule has 1 heterocycles. The molecule has 0 fully saturated rings. The molecule has 0 spiro atoms. The van der Waals surface area contributed by atoms with E-state index in [1.54, 1.807) is 0 Å². The highest BCUT2D eigenvalue weighted by Gasteiger charge is 2.20. The third-order valence-electron chi connectivity index (χ3n) is 2.58. The summed E-state index contributed by atoms with van der Waals surface area (Å²) < 4.78 is 1.25. The number of hydrogen-bond acceptors (Lipinski definition) is 2. The minimum absolute atomic E-state index is 1.02. The van der Waals surface area contributed by atoms with Crippen LogP contribution in [0.3, 0.4) is 0 Å². The molecule has 1 aliphatic heterocycles. The number of allylic oxidation sites excluding steroid dienone is 1. The van der Waals surface area contributed by atoms with Gasteiger partial charge in [-0.3, -0.25) is 0 Å². The van der Waals surface area contributed by atoms with Gasteiger partial charge in [0.05, 0.1) is 9.81 Å². The summed E-state index contributed by atoms with van der Waals surface area (Å²) in [6.07, 6.45) is 0. The van der Waals surface area contributed by atoms with Crippen LogP contribution < -0.4 is 0 Å². The van der Waals surface area contributed by atoms with E-state index in [0.29, 0.717) is 0 Å². The standard InChI is InChI=1S/C18H22S2Si2/c1-21(2,3)13-11-15(12-14-22(4,5)6)18-19-16-9-7-8-10-17(16)20-18/h7-10H,1-6H3. The van der Waals surface area contributed by atoms with Crippen LogP contribution in [0.4, 0.5) is 0 Å². The summed E-state index contributed by atoms with van der Waals surface area (Å²) in [7, 11) is -2.79.